The van der Waals surface area contributed by atoms with E-state index in [1.807, 2.05) is 0 Å². The third-order valence-corrected chi connectivity index (χ3v) is 5.45. The Balaban J connectivity index is 2.63. The molecule has 0 unspecified atom stereocenters. The number of alkyl halides is 16. The zero-order valence-corrected chi connectivity index (χ0v) is 20.4. The second-order valence-electron chi connectivity index (χ2n) is 8.20. The fourth-order valence-electron chi connectivity index (χ4n) is 3.06. The number of nitrogens with one attached hydrogen (secondary N) is 1. The van der Waals surface area contributed by atoms with E-state index in [9.17, 15) is 79.8 Å². The quantitative estimate of drug-likeness (QED) is 0.204. The Bertz CT molecular complexity index is 1330. The van der Waals surface area contributed by atoms with Crippen LogP contribution in [0.4, 0.5) is 76.1 Å². The van der Waals surface area contributed by atoms with Gasteiger partial charge in [0, 0.05) is 0 Å². The third kappa shape index (κ3) is 5.21. The predicted octanol–water partition coefficient (Wildman–Crippen LogP) is 6.70. The highest BCUT2D eigenvalue weighted by Crippen LogP contribution is 2.62. The molecule has 1 amide bonds. The topological polar surface area (TPSA) is 73.2 Å². The lowest BCUT2D eigenvalue weighted by molar-refractivity contribution is -0.443. The predicted molar refractivity (Wildman–Crippen MR) is 109 cm³/mol. The first-order valence-corrected chi connectivity index (χ1v) is 10.8. The van der Waals surface area contributed by atoms with Crippen LogP contribution in [0.25, 0.3) is 5.69 Å². The second-order valence-corrected chi connectivity index (χ2v) is 8.20. The number of para-hydroxylation sites is 1. The van der Waals surface area contributed by atoms with E-state index in [2.05, 4.69) is 9.84 Å². The Hall–Kier alpha value is -3.75. The first-order chi connectivity index (χ1) is 19.3. The molecule has 43 heavy (non-hydrogen) atoms. The summed E-state index contributed by atoms with van der Waals surface area (Å²) in [5.41, 5.74) is -1.34. The standard InChI is InChI=1S/C21H13F16N3O3/c1-2-43-12(41)10-8-38-40(9-6-4-3-5-7-9)11(10)39-14(42)16(26,27)18(30,31)20(34,35)21(36,37)19(32,33)17(28,29)15(24,25)13(22)23/h3-8,13H,2H2,1H3,(H,39,42). The van der Waals surface area contributed by atoms with Crippen molar-refractivity contribution in [2.45, 2.75) is 54.8 Å². The Morgan fingerprint density at radius 3 is 1.72 bits per heavy atom. The van der Waals surface area contributed by atoms with Crippen molar-refractivity contribution in [3.05, 3.63) is 42.1 Å². The lowest BCUT2D eigenvalue weighted by atomic mass is 9.89. The van der Waals surface area contributed by atoms with E-state index in [1.54, 1.807) is 0 Å². The molecule has 0 aliphatic carbocycles. The molecule has 0 atom stereocenters. The first-order valence-electron chi connectivity index (χ1n) is 10.8. The Morgan fingerprint density at radius 1 is 0.791 bits per heavy atom. The zero-order chi connectivity index (χ0) is 33.6. The summed E-state index contributed by atoms with van der Waals surface area (Å²) in [4.78, 5) is 24.2. The largest absolute Gasteiger partial charge is 0.462 e. The molecule has 1 N–H and O–H groups in total. The Kier molecular flexibility index (Phi) is 9.12. The van der Waals surface area contributed by atoms with Crippen LogP contribution in [0.2, 0.25) is 0 Å². The number of hydrogen-bond acceptors (Lipinski definition) is 4. The third-order valence-electron chi connectivity index (χ3n) is 5.45. The van der Waals surface area contributed by atoms with Crippen molar-refractivity contribution >= 4 is 17.7 Å². The van der Waals surface area contributed by atoms with Crippen LogP contribution in [0, 0.1) is 0 Å². The summed E-state index contributed by atoms with van der Waals surface area (Å²) in [6, 6.07) is 5.90. The van der Waals surface area contributed by atoms with Crippen LogP contribution >= 0.6 is 0 Å². The monoisotopic (exact) mass is 659 g/mol. The minimum atomic E-state index is -8.67. The number of rotatable bonds is 12. The van der Waals surface area contributed by atoms with E-state index in [0.717, 1.165) is 17.4 Å². The smallest absolute Gasteiger partial charge is 0.393 e. The molecule has 0 aliphatic heterocycles. The van der Waals surface area contributed by atoms with Gasteiger partial charge in [0.25, 0.3) is 0 Å². The van der Waals surface area contributed by atoms with Crippen LogP contribution in [-0.4, -0.2) is 76.1 Å². The summed E-state index contributed by atoms with van der Waals surface area (Å²) in [6.45, 7) is 0.729. The molecule has 2 rings (SSSR count). The Morgan fingerprint density at radius 2 is 1.26 bits per heavy atom. The van der Waals surface area contributed by atoms with Gasteiger partial charge in [-0.25, -0.2) is 18.3 Å². The molecule has 1 aromatic heterocycles. The van der Waals surface area contributed by atoms with E-state index >= 15 is 0 Å². The molecule has 22 heteroatoms. The number of esters is 1. The zero-order valence-electron chi connectivity index (χ0n) is 20.4. The van der Waals surface area contributed by atoms with E-state index in [1.165, 1.54) is 25.1 Å². The van der Waals surface area contributed by atoms with Crippen molar-refractivity contribution < 1.29 is 84.6 Å². The number of carbonyl (C=O) groups is 2. The molecular weight excluding hydrogens is 646 g/mol. The van der Waals surface area contributed by atoms with Gasteiger partial charge in [-0.1, -0.05) is 18.2 Å². The number of nitrogens with zero attached hydrogens (tertiary/aromatic N) is 2. The first kappa shape index (κ1) is 35.4. The van der Waals surface area contributed by atoms with Gasteiger partial charge >= 0.3 is 59.8 Å². The highest BCUT2D eigenvalue weighted by atomic mass is 19.4. The fraction of sp³-hybridized carbons (Fsp3) is 0.476. The molecule has 0 saturated heterocycles. The van der Waals surface area contributed by atoms with Gasteiger partial charge in [-0.05, 0) is 19.1 Å². The molecule has 1 heterocycles. The van der Waals surface area contributed by atoms with Gasteiger partial charge in [0.2, 0.25) is 0 Å². The highest BCUT2D eigenvalue weighted by Gasteiger charge is 2.94. The van der Waals surface area contributed by atoms with Crippen LogP contribution in [0.5, 0.6) is 0 Å². The minimum Gasteiger partial charge on any atom is -0.462 e. The normalized spacial score (nSPS) is 14.2. The molecular formula is C21H13F16N3O3. The Labute approximate surface area is 227 Å². The maximum atomic E-state index is 14.5. The van der Waals surface area contributed by atoms with Crippen molar-refractivity contribution in [2.24, 2.45) is 0 Å². The van der Waals surface area contributed by atoms with Crippen LogP contribution in [-0.2, 0) is 9.53 Å². The summed E-state index contributed by atoms with van der Waals surface area (Å²) in [5.74, 6) is -63.8. The fourth-order valence-corrected chi connectivity index (χ4v) is 3.06. The molecule has 0 fully saturated rings. The van der Waals surface area contributed by atoms with Crippen molar-refractivity contribution in [2.75, 3.05) is 11.9 Å². The molecule has 6 nitrogen and oxygen atoms in total. The molecule has 0 aliphatic rings. The van der Waals surface area contributed by atoms with Gasteiger partial charge in [0.05, 0.1) is 18.5 Å². The average molecular weight is 659 g/mol. The molecule has 242 valence electrons. The van der Waals surface area contributed by atoms with Crippen molar-refractivity contribution in [3.63, 3.8) is 0 Å². The summed E-state index contributed by atoms with van der Waals surface area (Å²) in [6.07, 6.45) is -5.53. The molecule has 0 saturated carbocycles. The SMILES string of the molecule is CCOC(=O)c1cnn(-c2ccccc2)c1NC(=O)C(F)(F)C(F)(F)C(F)(F)C(F)(F)C(F)(F)C(F)(F)C(F)(F)C(F)F. The van der Waals surface area contributed by atoms with Crippen LogP contribution in [0.1, 0.15) is 17.3 Å². The lowest BCUT2D eigenvalue weighted by Gasteiger charge is -2.42. The number of carbonyl (C=O) groups excluding carboxylic acids is 2. The molecule has 2 aromatic rings. The molecule has 0 spiro atoms. The van der Waals surface area contributed by atoms with Crippen LogP contribution in [0.15, 0.2) is 36.5 Å². The van der Waals surface area contributed by atoms with Crippen molar-refractivity contribution in [3.8, 4) is 5.69 Å². The molecule has 1 aromatic carbocycles. The maximum absolute atomic E-state index is 14.5. The average Bonchev–Trinajstić information content (AvgIpc) is 3.31. The summed E-state index contributed by atoms with van der Waals surface area (Å²) in [7, 11) is 0. The highest BCUT2D eigenvalue weighted by molar-refractivity contribution is 6.03. The summed E-state index contributed by atoms with van der Waals surface area (Å²) >= 11 is 0. The van der Waals surface area contributed by atoms with Gasteiger partial charge in [-0.3, -0.25) is 4.79 Å². The number of ether oxygens (including phenoxy) is 1. The number of halogens is 16. The number of amides is 1. The van der Waals surface area contributed by atoms with Gasteiger partial charge in [-0.15, -0.1) is 0 Å². The maximum Gasteiger partial charge on any atom is 0.393 e. The second kappa shape index (κ2) is 11.1. The minimum absolute atomic E-state index is 0.276. The van der Waals surface area contributed by atoms with Crippen LogP contribution < -0.4 is 5.32 Å². The van der Waals surface area contributed by atoms with Crippen molar-refractivity contribution in [1.82, 2.24) is 9.78 Å². The summed E-state index contributed by atoms with van der Waals surface area (Å²) in [5, 5.41) is 4.23. The van der Waals surface area contributed by atoms with E-state index in [0.29, 0.717) is 10.9 Å². The van der Waals surface area contributed by atoms with Crippen molar-refractivity contribution in [1.29, 1.82) is 0 Å². The van der Waals surface area contributed by atoms with E-state index in [4.69, 9.17) is 0 Å². The van der Waals surface area contributed by atoms with E-state index < -0.39 is 77.7 Å². The summed E-state index contributed by atoms with van der Waals surface area (Å²) < 4.78 is 223. The number of aromatic nitrogens is 2. The van der Waals surface area contributed by atoms with Gasteiger partial charge in [-0.2, -0.15) is 66.6 Å². The number of hydrogen-bond donors (Lipinski definition) is 1. The molecule has 0 radical (unpaired) electrons. The van der Waals surface area contributed by atoms with E-state index in [-0.39, 0.29) is 5.69 Å². The number of benzene rings is 1. The molecule has 0 bridgehead atoms. The lowest BCUT2D eigenvalue weighted by Crippen LogP contribution is -2.74. The number of anilines is 1. The van der Waals surface area contributed by atoms with Crippen LogP contribution in [0.3, 0.4) is 0 Å². The van der Waals surface area contributed by atoms with Gasteiger partial charge < -0.3 is 10.1 Å². The van der Waals surface area contributed by atoms with Gasteiger partial charge in [0.15, 0.2) is 5.82 Å². The van der Waals surface area contributed by atoms with Gasteiger partial charge in [0.1, 0.15) is 5.56 Å².